The van der Waals surface area contributed by atoms with Gasteiger partial charge in [0.05, 0.1) is 10.7 Å². The molecule has 0 bridgehead atoms. The second kappa shape index (κ2) is 14.1. The van der Waals surface area contributed by atoms with Gasteiger partial charge in [-0.1, -0.05) is 79.0 Å². The molecule has 0 saturated carbocycles. The van der Waals surface area contributed by atoms with Crippen molar-refractivity contribution in [3.05, 3.63) is 94.2 Å². The molecule has 2 aromatic carbocycles. The second-order valence-electron chi connectivity index (χ2n) is 7.19. The summed E-state index contributed by atoms with van der Waals surface area (Å²) in [5.74, 6) is 0. The van der Waals surface area contributed by atoms with Crippen LogP contribution >= 0.6 is 23.2 Å². The molecule has 0 aliphatic carbocycles. The average Bonchev–Trinajstić information content (AvgIpc) is 2.81. The molecule has 0 unspecified atom stereocenters. The molecule has 3 nitrogen and oxygen atoms in total. The minimum Gasteiger partial charge on any atom is -0.368 e. The zero-order valence-electron chi connectivity index (χ0n) is 18.8. The van der Waals surface area contributed by atoms with Gasteiger partial charge in [0, 0.05) is 50.1 Å². The Bertz CT molecular complexity index is 864. The lowest BCUT2D eigenvalue weighted by Crippen LogP contribution is -2.47. The van der Waals surface area contributed by atoms with Crippen LogP contribution in [-0.2, 0) is 6.42 Å². The Labute approximate surface area is 197 Å². The largest absolute Gasteiger partial charge is 0.368 e. The topological polar surface area (TPSA) is 19.4 Å². The van der Waals surface area contributed by atoms with E-state index >= 15 is 0 Å². The third-order valence-corrected chi connectivity index (χ3v) is 5.54. The van der Waals surface area contributed by atoms with Crippen molar-refractivity contribution in [3.8, 4) is 0 Å². The van der Waals surface area contributed by atoms with Crippen molar-refractivity contribution in [2.75, 3.05) is 37.6 Å². The molecule has 166 valence electrons. The van der Waals surface area contributed by atoms with Gasteiger partial charge in [0.1, 0.15) is 0 Å². The van der Waals surface area contributed by atoms with Crippen LogP contribution in [0, 0.1) is 6.92 Å². The molecule has 1 aromatic heterocycles. The standard InChI is InChI=1S/C17H19Cl2N3.C7H8.C2H6/c18-15-3-4-17(16(19)12-15)22-10-8-21(9-11-22)7-5-14-2-1-6-20-13-14;1-7-5-3-2-4-6-7;1-2/h1-4,6,12-13H,5,7-11H2;2-6H,1H3;1-2H3. The third kappa shape index (κ3) is 8.90. The predicted molar refractivity (Wildman–Crippen MR) is 136 cm³/mol. The quantitative estimate of drug-likeness (QED) is 0.430. The lowest BCUT2D eigenvalue weighted by Gasteiger charge is -2.36. The van der Waals surface area contributed by atoms with E-state index in [1.165, 1.54) is 11.1 Å². The SMILES string of the molecule is CC.Cc1ccccc1.Clc1ccc(N2CCN(CCc3cccnc3)CC2)c(Cl)c1. The molecule has 31 heavy (non-hydrogen) atoms. The molecule has 0 radical (unpaired) electrons. The Balaban J connectivity index is 0.000000319. The van der Waals surface area contributed by atoms with Crippen molar-refractivity contribution in [2.45, 2.75) is 27.2 Å². The summed E-state index contributed by atoms with van der Waals surface area (Å²) < 4.78 is 0. The monoisotopic (exact) mass is 457 g/mol. The Hall–Kier alpha value is -2.07. The summed E-state index contributed by atoms with van der Waals surface area (Å²) in [6.45, 7) is 11.3. The van der Waals surface area contributed by atoms with Gasteiger partial charge in [-0.3, -0.25) is 9.88 Å². The van der Waals surface area contributed by atoms with E-state index in [4.69, 9.17) is 23.2 Å². The number of benzene rings is 2. The molecule has 5 heteroatoms. The molecule has 0 N–H and O–H groups in total. The van der Waals surface area contributed by atoms with E-state index in [-0.39, 0.29) is 0 Å². The van der Waals surface area contributed by atoms with Gasteiger partial charge in [0.2, 0.25) is 0 Å². The molecular formula is C26H33Cl2N3. The Kier molecular flexibility index (Phi) is 11.4. The smallest absolute Gasteiger partial charge is 0.0654 e. The van der Waals surface area contributed by atoms with Crippen LogP contribution < -0.4 is 4.90 Å². The van der Waals surface area contributed by atoms with Crippen LogP contribution in [-0.4, -0.2) is 42.6 Å². The summed E-state index contributed by atoms with van der Waals surface area (Å²) in [4.78, 5) is 8.99. The number of nitrogens with zero attached hydrogens (tertiary/aromatic N) is 3. The third-order valence-electron chi connectivity index (χ3n) is 5.00. The number of aromatic nitrogens is 1. The van der Waals surface area contributed by atoms with Gasteiger partial charge in [-0.2, -0.15) is 0 Å². The van der Waals surface area contributed by atoms with E-state index in [0.29, 0.717) is 5.02 Å². The summed E-state index contributed by atoms with van der Waals surface area (Å²) >= 11 is 12.3. The van der Waals surface area contributed by atoms with Crippen LogP contribution in [0.2, 0.25) is 10.0 Å². The predicted octanol–water partition coefficient (Wildman–Crippen LogP) is 6.77. The minimum atomic E-state index is 0.684. The first-order valence-electron chi connectivity index (χ1n) is 10.9. The van der Waals surface area contributed by atoms with E-state index in [9.17, 15) is 0 Å². The highest BCUT2D eigenvalue weighted by atomic mass is 35.5. The van der Waals surface area contributed by atoms with E-state index in [0.717, 1.165) is 49.9 Å². The number of piperazine rings is 1. The number of hydrogen-bond donors (Lipinski definition) is 0. The van der Waals surface area contributed by atoms with Gasteiger partial charge in [0.25, 0.3) is 0 Å². The highest BCUT2D eigenvalue weighted by molar-refractivity contribution is 6.36. The van der Waals surface area contributed by atoms with Gasteiger partial charge in [-0.05, 0) is 43.2 Å². The molecular weight excluding hydrogens is 425 g/mol. The minimum absolute atomic E-state index is 0.684. The van der Waals surface area contributed by atoms with Crippen molar-refractivity contribution in [2.24, 2.45) is 0 Å². The van der Waals surface area contributed by atoms with Crippen LogP contribution in [0.3, 0.4) is 0 Å². The van der Waals surface area contributed by atoms with Crippen LogP contribution in [0.1, 0.15) is 25.0 Å². The van der Waals surface area contributed by atoms with E-state index < -0.39 is 0 Å². The molecule has 1 aliphatic heterocycles. The number of aryl methyl sites for hydroxylation is 1. The van der Waals surface area contributed by atoms with E-state index in [1.807, 2.05) is 68.7 Å². The second-order valence-corrected chi connectivity index (χ2v) is 8.03. The zero-order chi connectivity index (χ0) is 22.5. The fourth-order valence-electron chi connectivity index (χ4n) is 3.32. The molecule has 4 rings (SSSR count). The first-order valence-corrected chi connectivity index (χ1v) is 11.7. The number of halogens is 2. The molecule has 0 atom stereocenters. The van der Waals surface area contributed by atoms with Crippen molar-refractivity contribution in [3.63, 3.8) is 0 Å². The summed E-state index contributed by atoms with van der Waals surface area (Å²) in [7, 11) is 0. The molecule has 1 aliphatic rings. The fraction of sp³-hybridized carbons (Fsp3) is 0.346. The highest BCUT2D eigenvalue weighted by Gasteiger charge is 2.18. The summed E-state index contributed by atoms with van der Waals surface area (Å²) in [6.07, 6.45) is 4.82. The Morgan fingerprint density at radius 1 is 0.871 bits per heavy atom. The number of pyridine rings is 1. The maximum atomic E-state index is 6.29. The van der Waals surface area contributed by atoms with Crippen LogP contribution in [0.25, 0.3) is 0 Å². The Morgan fingerprint density at radius 2 is 1.58 bits per heavy atom. The van der Waals surface area contributed by atoms with Gasteiger partial charge >= 0.3 is 0 Å². The lowest BCUT2D eigenvalue weighted by molar-refractivity contribution is 0.261. The molecule has 1 saturated heterocycles. The van der Waals surface area contributed by atoms with Crippen molar-refractivity contribution >= 4 is 28.9 Å². The van der Waals surface area contributed by atoms with Crippen LogP contribution in [0.5, 0.6) is 0 Å². The fourth-order valence-corrected chi connectivity index (χ4v) is 3.85. The van der Waals surface area contributed by atoms with Crippen LogP contribution in [0.15, 0.2) is 73.1 Å². The highest BCUT2D eigenvalue weighted by Crippen LogP contribution is 2.29. The van der Waals surface area contributed by atoms with Crippen molar-refractivity contribution in [1.29, 1.82) is 0 Å². The summed E-state index contributed by atoms with van der Waals surface area (Å²) in [5.41, 5.74) is 3.70. The maximum Gasteiger partial charge on any atom is 0.0654 e. The van der Waals surface area contributed by atoms with Gasteiger partial charge in [-0.25, -0.2) is 0 Å². The molecule has 1 fully saturated rings. The molecule has 0 amide bonds. The van der Waals surface area contributed by atoms with Gasteiger partial charge in [-0.15, -0.1) is 0 Å². The van der Waals surface area contributed by atoms with Gasteiger partial charge in [0.15, 0.2) is 0 Å². The maximum absolute atomic E-state index is 6.29. The van der Waals surface area contributed by atoms with Crippen LogP contribution in [0.4, 0.5) is 5.69 Å². The normalized spacial score (nSPS) is 13.5. The zero-order valence-corrected chi connectivity index (χ0v) is 20.3. The first-order chi connectivity index (χ1) is 15.1. The number of anilines is 1. The molecule has 2 heterocycles. The van der Waals surface area contributed by atoms with Gasteiger partial charge < -0.3 is 4.90 Å². The van der Waals surface area contributed by atoms with Crippen molar-refractivity contribution < 1.29 is 0 Å². The van der Waals surface area contributed by atoms with Crippen molar-refractivity contribution in [1.82, 2.24) is 9.88 Å². The summed E-state index contributed by atoms with van der Waals surface area (Å²) in [5, 5.41) is 1.42. The summed E-state index contributed by atoms with van der Waals surface area (Å²) in [6, 6.07) is 20.1. The van der Waals surface area contributed by atoms with E-state index in [1.54, 1.807) is 0 Å². The van der Waals surface area contributed by atoms with E-state index in [2.05, 4.69) is 39.9 Å². The first kappa shape index (κ1) is 25.2. The lowest BCUT2D eigenvalue weighted by atomic mass is 10.2. The number of rotatable bonds is 4. The average molecular weight is 458 g/mol. The molecule has 0 spiro atoms. The number of hydrogen-bond acceptors (Lipinski definition) is 3. The molecule has 3 aromatic rings. The Morgan fingerprint density at radius 3 is 2.13 bits per heavy atom.